The molecule has 0 unspecified atom stereocenters. The van der Waals surface area contributed by atoms with Gasteiger partial charge in [-0.15, -0.1) is 0 Å². The Morgan fingerprint density at radius 3 is 2.25 bits per heavy atom. The van der Waals surface area contributed by atoms with E-state index < -0.39 is 10.1 Å². The van der Waals surface area contributed by atoms with E-state index in [1.54, 1.807) is 0 Å². The molecule has 0 aliphatic heterocycles. The van der Waals surface area contributed by atoms with Crippen LogP contribution in [0.4, 0.5) is 0 Å². The molecule has 0 heterocycles. The van der Waals surface area contributed by atoms with Crippen LogP contribution in [0.3, 0.4) is 0 Å². The maximum absolute atomic E-state index is 10.6. The maximum atomic E-state index is 10.6. The lowest BCUT2D eigenvalue weighted by Gasteiger charge is -2.00. The summed E-state index contributed by atoms with van der Waals surface area (Å²) in [6.45, 7) is 0. The number of hydrogen-bond donors (Lipinski definition) is 1. The molecule has 0 atom stereocenters. The van der Waals surface area contributed by atoms with E-state index in [1.807, 2.05) is 0 Å². The molecule has 0 aliphatic carbocycles. The molecule has 0 saturated heterocycles. The predicted octanol–water partition coefficient (Wildman–Crippen LogP) is 2.24. The van der Waals surface area contributed by atoms with Crippen LogP contribution in [0, 0.1) is 0 Å². The molecule has 1 aromatic rings. The van der Waals surface area contributed by atoms with E-state index in [1.165, 1.54) is 18.2 Å². The minimum atomic E-state index is -4.27. The van der Waals surface area contributed by atoms with Gasteiger partial charge in [0.2, 0.25) is 0 Å². The quantitative estimate of drug-likeness (QED) is 0.748. The molecule has 12 heavy (non-hydrogen) atoms. The van der Waals surface area contributed by atoms with Crippen LogP contribution < -0.4 is 0 Å². The Labute approximate surface area is 79.7 Å². The van der Waals surface area contributed by atoms with Crippen LogP contribution in [-0.2, 0) is 10.1 Å². The summed E-state index contributed by atoms with van der Waals surface area (Å²) in [5.74, 6) is 0. The van der Waals surface area contributed by atoms with E-state index in [-0.39, 0.29) is 14.9 Å². The first kappa shape index (κ1) is 9.80. The molecule has 66 valence electrons. The molecular weight excluding hydrogens is 223 g/mol. The lowest BCUT2D eigenvalue weighted by Crippen LogP contribution is -1.98. The third-order valence-electron chi connectivity index (χ3n) is 1.19. The van der Waals surface area contributed by atoms with Crippen molar-refractivity contribution in [3.63, 3.8) is 0 Å². The topological polar surface area (TPSA) is 54.4 Å². The van der Waals surface area contributed by atoms with Gasteiger partial charge in [0, 0.05) is 0 Å². The monoisotopic (exact) mass is 226 g/mol. The van der Waals surface area contributed by atoms with Crippen molar-refractivity contribution in [2.24, 2.45) is 0 Å². The fourth-order valence-electron chi connectivity index (χ4n) is 0.683. The van der Waals surface area contributed by atoms with Gasteiger partial charge in [0.1, 0.15) is 4.90 Å². The smallest absolute Gasteiger partial charge is 0.282 e. The number of halogens is 2. The van der Waals surface area contributed by atoms with Gasteiger partial charge in [-0.2, -0.15) is 8.42 Å². The van der Waals surface area contributed by atoms with E-state index in [2.05, 4.69) is 0 Å². The van der Waals surface area contributed by atoms with E-state index in [4.69, 9.17) is 27.8 Å². The molecule has 3 nitrogen and oxygen atoms in total. The summed E-state index contributed by atoms with van der Waals surface area (Å²) >= 11 is 11.0. The van der Waals surface area contributed by atoms with Crippen LogP contribution in [0.2, 0.25) is 10.0 Å². The molecule has 0 bridgehead atoms. The van der Waals surface area contributed by atoms with Crippen molar-refractivity contribution < 1.29 is 13.0 Å². The number of benzene rings is 1. The van der Waals surface area contributed by atoms with Gasteiger partial charge in [-0.25, -0.2) is 0 Å². The zero-order valence-corrected chi connectivity index (χ0v) is 7.99. The van der Waals surface area contributed by atoms with Crippen LogP contribution in [0.25, 0.3) is 0 Å². The first-order valence-corrected chi connectivity index (χ1v) is 5.04. The maximum Gasteiger partial charge on any atom is 0.296 e. The third kappa shape index (κ3) is 1.90. The highest BCUT2D eigenvalue weighted by molar-refractivity contribution is 7.86. The van der Waals surface area contributed by atoms with Crippen molar-refractivity contribution in [1.29, 1.82) is 0 Å². The Morgan fingerprint density at radius 2 is 1.83 bits per heavy atom. The summed E-state index contributed by atoms with van der Waals surface area (Å²) in [5.41, 5.74) is 0. The van der Waals surface area contributed by atoms with Gasteiger partial charge in [-0.1, -0.05) is 29.3 Å². The average molecular weight is 227 g/mol. The lowest BCUT2D eigenvalue weighted by molar-refractivity contribution is 0.483. The van der Waals surface area contributed by atoms with Gasteiger partial charge < -0.3 is 0 Å². The highest BCUT2D eigenvalue weighted by Gasteiger charge is 2.15. The second-order valence-corrected chi connectivity index (χ2v) is 4.20. The molecule has 0 amide bonds. The Bertz CT molecular complexity index is 399. The van der Waals surface area contributed by atoms with E-state index in [0.717, 1.165) is 0 Å². The van der Waals surface area contributed by atoms with Crippen LogP contribution in [0.5, 0.6) is 0 Å². The van der Waals surface area contributed by atoms with Crippen molar-refractivity contribution in [2.75, 3.05) is 0 Å². The molecule has 0 aliphatic rings. The van der Waals surface area contributed by atoms with Crippen LogP contribution in [0.15, 0.2) is 23.1 Å². The third-order valence-corrected chi connectivity index (χ3v) is 3.02. The lowest BCUT2D eigenvalue weighted by atomic mass is 10.4. The molecule has 1 rings (SSSR count). The normalized spacial score (nSPS) is 11.6. The van der Waals surface area contributed by atoms with Gasteiger partial charge in [0.05, 0.1) is 10.0 Å². The van der Waals surface area contributed by atoms with Crippen molar-refractivity contribution in [2.45, 2.75) is 4.90 Å². The zero-order valence-electron chi connectivity index (χ0n) is 5.66. The first-order chi connectivity index (χ1) is 5.43. The predicted molar refractivity (Wildman–Crippen MR) is 46.3 cm³/mol. The Kier molecular flexibility index (Phi) is 2.63. The van der Waals surface area contributed by atoms with E-state index in [0.29, 0.717) is 0 Å². The molecule has 0 fully saturated rings. The van der Waals surface area contributed by atoms with Crippen molar-refractivity contribution >= 4 is 33.3 Å². The molecule has 0 saturated carbocycles. The molecule has 0 radical (unpaired) electrons. The van der Waals surface area contributed by atoms with Crippen molar-refractivity contribution in [3.8, 4) is 0 Å². The van der Waals surface area contributed by atoms with Gasteiger partial charge in [0.25, 0.3) is 10.1 Å². The molecule has 1 aromatic carbocycles. The molecule has 0 aromatic heterocycles. The molecular formula is C6H4Cl2O3S. The highest BCUT2D eigenvalue weighted by Crippen LogP contribution is 2.28. The summed E-state index contributed by atoms with van der Waals surface area (Å²) in [6, 6.07) is 3.99. The summed E-state index contributed by atoms with van der Waals surface area (Å²) in [4.78, 5) is -0.378. The summed E-state index contributed by atoms with van der Waals surface area (Å²) in [6.07, 6.45) is 0. The number of hydrogen-bond acceptors (Lipinski definition) is 2. The summed E-state index contributed by atoms with van der Waals surface area (Å²) in [5, 5.41) is -0.0755. The van der Waals surface area contributed by atoms with Gasteiger partial charge in [0.15, 0.2) is 0 Å². The van der Waals surface area contributed by atoms with Gasteiger partial charge in [-0.3, -0.25) is 4.55 Å². The number of rotatable bonds is 1. The molecule has 1 N–H and O–H groups in total. The van der Waals surface area contributed by atoms with Crippen molar-refractivity contribution in [1.82, 2.24) is 0 Å². The van der Waals surface area contributed by atoms with Crippen LogP contribution >= 0.6 is 23.2 Å². The molecule has 0 spiro atoms. The van der Waals surface area contributed by atoms with Crippen LogP contribution in [-0.4, -0.2) is 13.0 Å². The molecule has 6 heteroatoms. The SMILES string of the molecule is O=S(=O)(O)c1cccc(Cl)c1Cl. The summed E-state index contributed by atoms with van der Waals surface area (Å²) in [7, 11) is -4.27. The minimum absolute atomic E-state index is 0.0896. The first-order valence-electron chi connectivity index (χ1n) is 2.84. The Morgan fingerprint density at radius 1 is 1.25 bits per heavy atom. The Hall–Kier alpha value is -0.290. The zero-order chi connectivity index (χ0) is 9.35. The van der Waals surface area contributed by atoms with Crippen molar-refractivity contribution in [3.05, 3.63) is 28.2 Å². The Balaban J connectivity index is 3.47. The van der Waals surface area contributed by atoms with Gasteiger partial charge in [-0.05, 0) is 12.1 Å². The van der Waals surface area contributed by atoms with Crippen LogP contribution in [0.1, 0.15) is 0 Å². The van der Waals surface area contributed by atoms with E-state index in [9.17, 15) is 8.42 Å². The standard InChI is InChI=1S/C6H4Cl2O3S/c7-4-2-1-3-5(6(4)8)12(9,10)11/h1-3H,(H,9,10,11). The minimum Gasteiger partial charge on any atom is -0.282 e. The largest absolute Gasteiger partial charge is 0.296 e. The second-order valence-electron chi connectivity index (χ2n) is 2.03. The summed E-state index contributed by atoms with van der Waals surface area (Å²) < 4.78 is 29.9. The highest BCUT2D eigenvalue weighted by atomic mass is 35.5. The second kappa shape index (κ2) is 3.22. The fraction of sp³-hybridized carbons (Fsp3) is 0. The average Bonchev–Trinajstić information content (AvgIpc) is 1.92. The van der Waals surface area contributed by atoms with Gasteiger partial charge >= 0.3 is 0 Å². The fourth-order valence-corrected chi connectivity index (χ4v) is 1.92. The van der Waals surface area contributed by atoms with E-state index >= 15 is 0 Å².